The molecule has 0 radical (unpaired) electrons. The molecule has 0 aliphatic carbocycles. The van der Waals surface area contributed by atoms with Crippen LogP contribution >= 0.6 is 23.2 Å². The maximum Gasteiger partial charge on any atom is 0.325 e. The highest BCUT2D eigenvalue weighted by atomic mass is 35.5. The molecule has 3 atom stereocenters. The molecule has 2 aliphatic heterocycles. The number of hydrogen-bond donors (Lipinski definition) is 0. The summed E-state index contributed by atoms with van der Waals surface area (Å²) in [7, 11) is -4.07. The van der Waals surface area contributed by atoms with Crippen molar-refractivity contribution in [1.29, 1.82) is 0 Å². The molecule has 1 aromatic carbocycles. The molecule has 30 heavy (non-hydrogen) atoms. The second-order valence-electron chi connectivity index (χ2n) is 7.38. The minimum absolute atomic E-state index is 0.0636. The largest absolute Gasteiger partial charge is 0.465 e. The summed E-state index contributed by atoms with van der Waals surface area (Å²) in [5.74, 6) is -1.27. The summed E-state index contributed by atoms with van der Waals surface area (Å²) in [6.07, 6.45) is 3.30. The molecule has 0 N–H and O–H groups in total. The maximum atomic E-state index is 13.6. The second kappa shape index (κ2) is 9.26. The van der Waals surface area contributed by atoms with Gasteiger partial charge in [-0.3, -0.25) is 9.59 Å². The maximum absolute atomic E-state index is 13.6. The zero-order chi connectivity index (χ0) is 22.1. The molecule has 2 saturated heterocycles. The van der Waals surface area contributed by atoms with Crippen LogP contribution in [-0.2, 0) is 24.3 Å². The Bertz CT molecular complexity index is 932. The van der Waals surface area contributed by atoms with E-state index in [0.717, 1.165) is 0 Å². The predicted molar refractivity (Wildman–Crippen MR) is 114 cm³/mol. The minimum atomic E-state index is -4.07. The van der Waals surface area contributed by atoms with Crippen LogP contribution in [0.2, 0.25) is 10.0 Å². The molecule has 10 heteroatoms. The van der Waals surface area contributed by atoms with Crippen LogP contribution in [0.25, 0.3) is 0 Å². The first-order valence-corrected chi connectivity index (χ1v) is 11.9. The fraction of sp³-hybridized carbons (Fsp3) is 0.500. The van der Waals surface area contributed by atoms with Gasteiger partial charge in [-0.15, -0.1) is 6.58 Å². The van der Waals surface area contributed by atoms with Gasteiger partial charge in [0, 0.05) is 28.5 Å². The third kappa shape index (κ3) is 4.51. The first-order valence-electron chi connectivity index (χ1n) is 9.75. The summed E-state index contributed by atoms with van der Waals surface area (Å²) >= 11 is 12.1. The molecule has 2 bridgehead atoms. The molecule has 2 fully saturated rings. The van der Waals surface area contributed by atoms with Crippen molar-refractivity contribution < 1.29 is 22.7 Å². The van der Waals surface area contributed by atoms with E-state index in [0.29, 0.717) is 19.3 Å². The number of carbonyl (C=O) groups excluding carboxylic acids is 2. The van der Waals surface area contributed by atoms with Crippen LogP contribution in [0.3, 0.4) is 0 Å². The highest BCUT2D eigenvalue weighted by molar-refractivity contribution is 7.89. The van der Waals surface area contributed by atoms with Crippen molar-refractivity contribution in [3.8, 4) is 0 Å². The van der Waals surface area contributed by atoms with Crippen LogP contribution in [0.1, 0.15) is 26.2 Å². The summed E-state index contributed by atoms with van der Waals surface area (Å²) in [4.78, 5) is 26.7. The summed E-state index contributed by atoms with van der Waals surface area (Å²) in [6.45, 7) is 5.71. The molecule has 0 saturated carbocycles. The van der Waals surface area contributed by atoms with Gasteiger partial charge in [0.05, 0.1) is 11.5 Å². The lowest BCUT2D eigenvalue weighted by Gasteiger charge is -2.40. The van der Waals surface area contributed by atoms with Gasteiger partial charge in [-0.25, -0.2) is 8.42 Å². The first kappa shape index (κ1) is 23.1. The van der Waals surface area contributed by atoms with Crippen molar-refractivity contribution in [2.24, 2.45) is 5.92 Å². The Hall–Kier alpha value is -1.61. The topological polar surface area (TPSA) is 84.0 Å². The Kier molecular flexibility index (Phi) is 7.12. The van der Waals surface area contributed by atoms with E-state index in [1.165, 1.54) is 27.4 Å². The van der Waals surface area contributed by atoms with Gasteiger partial charge in [-0.1, -0.05) is 29.3 Å². The van der Waals surface area contributed by atoms with Gasteiger partial charge >= 0.3 is 5.97 Å². The number of fused-ring (bicyclic) bond motifs is 2. The molecule has 2 heterocycles. The SMILES string of the molecule is C=C[C@@H]1CN(CC(=O)OCC)C(=O)[C@@H]2CCC[C@H]1N2S(=O)(=O)c1cc(Cl)cc(Cl)c1. The fourth-order valence-electron chi connectivity index (χ4n) is 4.20. The monoisotopic (exact) mass is 474 g/mol. The van der Waals surface area contributed by atoms with Crippen LogP contribution in [0.5, 0.6) is 0 Å². The Labute approximate surface area is 186 Å². The van der Waals surface area contributed by atoms with Crippen molar-refractivity contribution >= 4 is 45.1 Å². The number of amides is 1. The van der Waals surface area contributed by atoms with E-state index in [1.54, 1.807) is 13.0 Å². The molecule has 1 aromatic rings. The van der Waals surface area contributed by atoms with Crippen LogP contribution < -0.4 is 0 Å². The first-order chi connectivity index (χ1) is 14.2. The average Bonchev–Trinajstić information content (AvgIpc) is 2.75. The molecular formula is C20H24Cl2N2O5S. The Balaban J connectivity index is 2.05. The van der Waals surface area contributed by atoms with Gasteiger partial charge in [0.25, 0.3) is 0 Å². The Morgan fingerprint density at radius 2 is 1.93 bits per heavy atom. The lowest BCUT2D eigenvalue weighted by atomic mass is 9.90. The van der Waals surface area contributed by atoms with E-state index in [9.17, 15) is 18.0 Å². The number of benzene rings is 1. The molecule has 1 amide bonds. The Morgan fingerprint density at radius 1 is 1.27 bits per heavy atom. The standard InChI is InChI=1S/C20H24Cl2N2O5S/c1-3-13-11-23(12-19(25)29-4-2)20(26)18-7-5-6-17(13)24(18)30(27,28)16-9-14(21)8-15(22)10-16/h3,8-10,13,17-18H,1,4-7,11-12H2,2H3/t13-,17-,18+/m1/s1. The van der Waals surface area contributed by atoms with Crippen molar-refractivity contribution in [2.45, 2.75) is 43.2 Å². The van der Waals surface area contributed by atoms with E-state index in [-0.39, 0.29) is 40.6 Å². The summed E-state index contributed by atoms with van der Waals surface area (Å²) in [6, 6.07) is 2.73. The zero-order valence-electron chi connectivity index (χ0n) is 16.6. The second-order valence-corrected chi connectivity index (χ2v) is 10.1. The van der Waals surface area contributed by atoms with Gasteiger partial charge in [0.15, 0.2) is 0 Å². The number of halogens is 2. The lowest BCUT2D eigenvalue weighted by Crippen LogP contribution is -2.54. The molecular weight excluding hydrogens is 451 g/mol. The van der Waals surface area contributed by atoms with Gasteiger partial charge in [-0.2, -0.15) is 4.31 Å². The molecule has 164 valence electrons. The third-order valence-corrected chi connectivity index (χ3v) is 7.82. The van der Waals surface area contributed by atoms with Crippen LogP contribution in [-0.4, -0.2) is 61.3 Å². The van der Waals surface area contributed by atoms with Gasteiger partial charge in [-0.05, 0) is 44.4 Å². The third-order valence-electron chi connectivity index (χ3n) is 5.47. The highest BCUT2D eigenvalue weighted by Gasteiger charge is 2.49. The van der Waals surface area contributed by atoms with E-state index in [1.807, 2.05) is 0 Å². The number of hydrogen-bond acceptors (Lipinski definition) is 5. The normalized spacial score (nSPS) is 25.0. The van der Waals surface area contributed by atoms with Crippen LogP contribution in [0, 0.1) is 5.92 Å². The van der Waals surface area contributed by atoms with Gasteiger partial charge < -0.3 is 9.64 Å². The van der Waals surface area contributed by atoms with E-state index in [2.05, 4.69) is 6.58 Å². The van der Waals surface area contributed by atoms with E-state index < -0.39 is 34.0 Å². The molecule has 3 rings (SSSR count). The van der Waals surface area contributed by atoms with Crippen molar-refractivity contribution in [3.63, 3.8) is 0 Å². The Morgan fingerprint density at radius 3 is 2.53 bits per heavy atom. The molecule has 0 unspecified atom stereocenters. The molecule has 0 aromatic heterocycles. The summed E-state index contributed by atoms with van der Waals surface area (Å²) in [5.41, 5.74) is 0. The molecule has 2 aliphatic rings. The smallest absolute Gasteiger partial charge is 0.325 e. The van der Waals surface area contributed by atoms with Crippen LogP contribution in [0.15, 0.2) is 35.7 Å². The van der Waals surface area contributed by atoms with Crippen molar-refractivity contribution in [1.82, 2.24) is 9.21 Å². The molecule has 0 spiro atoms. The minimum Gasteiger partial charge on any atom is -0.465 e. The lowest BCUT2D eigenvalue weighted by molar-refractivity contribution is -0.149. The number of ether oxygens (including phenoxy) is 1. The number of piperidine rings is 1. The summed E-state index contributed by atoms with van der Waals surface area (Å²) < 4.78 is 33.5. The number of carbonyl (C=O) groups is 2. The molecule has 7 nitrogen and oxygen atoms in total. The number of sulfonamides is 1. The quantitative estimate of drug-likeness (QED) is 0.467. The number of nitrogens with zero attached hydrogens (tertiary/aromatic N) is 2. The number of rotatable bonds is 6. The van der Waals surface area contributed by atoms with E-state index >= 15 is 0 Å². The van der Waals surface area contributed by atoms with Crippen molar-refractivity contribution in [2.75, 3.05) is 19.7 Å². The van der Waals surface area contributed by atoms with Gasteiger partial charge in [0.2, 0.25) is 15.9 Å². The zero-order valence-corrected chi connectivity index (χ0v) is 18.9. The number of esters is 1. The average molecular weight is 475 g/mol. The van der Waals surface area contributed by atoms with E-state index in [4.69, 9.17) is 27.9 Å². The van der Waals surface area contributed by atoms with Crippen molar-refractivity contribution in [3.05, 3.63) is 40.9 Å². The van der Waals surface area contributed by atoms with Gasteiger partial charge in [0.1, 0.15) is 12.6 Å². The fourth-order valence-corrected chi connectivity index (χ4v) is 6.80. The predicted octanol–water partition coefficient (Wildman–Crippen LogP) is 3.11. The highest BCUT2D eigenvalue weighted by Crippen LogP contribution is 2.38. The van der Waals surface area contributed by atoms with Crippen LogP contribution in [0.4, 0.5) is 0 Å². The summed E-state index contributed by atoms with van der Waals surface area (Å²) in [5, 5.41) is 0.383.